The van der Waals surface area contributed by atoms with Gasteiger partial charge in [-0.05, 0) is 50.2 Å². The molecule has 1 heterocycles. The number of para-hydroxylation sites is 1. The van der Waals surface area contributed by atoms with E-state index in [1.165, 1.54) is 4.90 Å². The predicted molar refractivity (Wildman–Crippen MR) is 135 cm³/mol. The van der Waals surface area contributed by atoms with E-state index in [1.807, 2.05) is 50.2 Å². The average molecular weight is 483 g/mol. The Labute approximate surface area is 205 Å². The number of rotatable bonds is 8. The maximum absolute atomic E-state index is 13.0. The average Bonchev–Trinajstić information content (AvgIpc) is 3.21. The van der Waals surface area contributed by atoms with Crippen molar-refractivity contribution in [2.45, 2.75) is 46.1 Å². The Morgan fingerprint density at radius 1 is 1.09 bits per heavy atom. The van der Waals surface area contributed by atoms with E-state index in [9.17, 15) is 9.59 Å². The summed E-state index contributed by atoms with van der Waals surface area (Å²) in [7, 11) is 0. The van der Waals surface area contributed by atoms with Gasteiger partial charge < -0.3 is 15.0 Å². The fourth-order valence-corrected chi connectivity index (χ4v) is 3.38. The molecule has 0 atom stereocenters. The van der Waals surface area contributed by atoms with Crippen molar-refractivity contribution in [2.24, 2.45) is 0 Å². The van der Waals surface area contributed by atoms with Crippen molar-refractivity contribution in [3.8, 4) is 11.4 Å². The van der Waals surface area contributed by atoms with Crippen molar-refractivity contribution in [1.82, 2.24) is 14.7 Å². The van der Waals surface area contributed by atoms with Crippen LogP contribution in [0.2, 0.25) is 5.02 Å². The highest BCUT2D eigenvalue weighted by molar-refractivity contribution is 6.30. The topological polar surface area (TPSA) is 76.5 Å². The van der Waals surface area contributed by atoms with Crippen LogP contribution in [0.15, 0.2) is 60.7 Å². The zero-order chi connectivity index (χ0) is 24.9. The van der Waals surface area contributed by atoms with E-state index in [0.29, 0.717) is 16.6 Å². The number of hydrogen-bond acceptors (Lipinski definition) is 4. The third kappa shape index (κ3) is 6.60. The van der Waals surface area contributed by atoms with Gasteiger partial charge in [-0.1, -0.05) is 50.6 Å². The molecule has 34 heavy (non-hydrogen) atoms. The molecule has 2 aromatic carbocycles. The minimum Gasteiger partial charge on any atom is -0.484 e. The number of nitrogens with zero attached hydrogens (tertiary/aromatic N) is 3. The molecular weight excluding hydrogens is 452 g/mol. The molecule has 180 valence electrons. The standard InChI is InChI=1S/C26H31ClN4O3/c1-18(2)30(25(33)17-34-21-9-7-6-8-10-21)16-24(32)28-23-15-22(26(3,4)5)29-31(23)20-13-11-19(27)12-14-20/h6-15,18H,16-17H2,1-5H3,(H,28,32). The van der Waals surface area contributed by atoms with Crippen molar-refractivity contribution in [3.05, 3.63) is 71.4 Å². The minimum absolute atomic E-state index is 0.106. The minimum atomic E-state index is -0.322. The molecule has 0 aliphatic rings. The molecule has 0 bridgehead atoms. The Morgan fingerprint density at radius 2 is 1.74 bits per heavy atom. The van der Waals surface area contributed by atoms with E-state index in [2.05, 4.69) is 26.1 Å². The van der Waals surface area contributed by atoms with Crippen LogP contribution in [0.5, 0.6) is 5.75 Å². The van der Waals surface area contributed by atoms with Gasteiger partial charge in [0, 0.05) is 22.5 Å². The molecule has 1 aromatic heterocycles. The molecule has 1 N–H and O–H groups in total. The number of benzene rings is 2. The van der Waals surface area contributed by atoms with E-state index in [-0.39, 0.29) is 36.4 Å². The largest absolute Gasteiger partial charge is 0.484 e. The maximum atomic E-state index is 13.0. The number of ether oxygens (including phenoxy) is 1. The summed E-state index contributed by atoms with van der Waals surface area (Å²) < 4.78 is 7.25. The van der Waals surface area contributed by atoms with Gasteiger partial charge >= 0.3 is 0 Å². The number of anilines is 1. The molecule has 0 saturated carbocycles. The summed E-state index contributed by atoms with van der Waals surface area (Å²) in [6, 6.07) is 18.0. The first-order valence-electron chi connectivity index (χ1n) is 11.2. The molecule has 0 unspecified atom stereocenters. The summed E-state index contributed by atoms with van der Waals surface area (Å²) in [5.41, 5.74) is 1.38. The number of amides is 2. The second-order valence-electron chi connectivity index (χ2n) is 9.32. The van der Waals surface area contributed by atoms with Gasteiger partial charge in [0.2, 0.25) is 5.91 Å². The van der Waals surface area contributed by atoms with Crippen LogP contribution >= 0.6 is 11.6 Å². The Hall–Kier alpha value is -3.32. The predicted octanol–water partition coefficient (Wildman–Crippen LogP) is 5.08. The normalized spacial score (nSPS) is 11.4. The Morgan fingerprint density at radius 3 is 2.32 bits per heavy atom. The van der Waals surface area contributed by atoms with Gasteiger partial charge in [-0.3, -0.25) is 9.59 Å². The van der Waals surface area contributed by atoms with Crippen LogP contribution in [0.3, 0.4) is 0 Å². The molecule has 0 saturated heterocycles. The summed E-state index contributed by atoms with van der Waals surface area (Å²) >= 11 is 6.04. The third-order valence-electron chi connectivity index (χ3n) is 5.18. The number of aromatic nitrogens is 2. The molecule has 0 fully saturated rings. The highest BCUT2D eigenvalue weighted by Gasteiger charge is 2.24. The molecule has 2 amide bonds. The lowest BCUT2D eigenvalue weighted by molar-refractivity contribution is -0.138. The molecule has 0 aliphatic carbocycles. The van der Waals surface area contributed by atoms with Crippen LogP contribution in [0.1, 0.15) is 40.3 Å². The lowest BCUT2D eigenvalue weighted by Crippen LogP contribution is -2.44. The first-order valence-corrected chi connectivity index (χ1v) is 11.6. The Bertz CT molecular complexity index is 1120. The van der Waals surface area contributed by atoms with Crippen molar-refractivity contribution in [3.63, 3.8) is 0 Å². The lowest BCUT2D eigenvalue weighted by Gasteiger charge is -2.26. The lowest BCUT2D eigenvalue weighted by atomic mass is 9.92. The van der Waals surface area contributed by atoms with E-state index >= 15 is 0 Å². The quantitative estimate of drug-likeness (QED) is 0.486. The number of nitrogens with one attached hydrogen (secondary N) is 1. The molecule has 0 aliphatic heterocycles. The summed E-state index contributed by atoms with van der Waals surface area (Å²) in [5.74, 6) is 0.535. The summed E-state index contributed by atoms with van der Waals surface area (Å²) in [6.45, 7) is 9.64. The number of carbonyl (C=O) groups excluding carboxylic acids is 2. The SMILES string of the molecule is CC(C)N(CC(=O)Nc1cc(C(C)(C)C)nn1-c1ccc(Cl)cc1)C(=O)COc1ccccc1. The maximum Gasteiger partial charge on any atom is 0.261 e. The van der Waals surface area contributed by atoms with Crippen LogP contribution in [-0.4, -0.2) is 45.7 Å². The number of hydrogen-bond donors (Lipinski definition) is 1. The highest BCUT2D eigenvalue weighted by Crippen LogP contribution is 2.27. The summed E-state index contributed by atoms with van der Waals surface area (Å²) in [5, 5.41) is 8.24. The second kappa shape index (κ2) is 10.7. The highest BCUT2D eigenvalue weighted by atomic mass is 35.5. The zero-order valence-electron chi connectivity index (χ0n) is 20.2. The van der Waals surface area contributed by atoms with Gasteiger partial charge in [0.15, 0.2) is 6.61 Å². The van der Waals surface area contributed by atoms with E-state index in [4.69, 9.17) is 21.4 Å². The van der Waals surface area contributed by atoms with Gasteiger partial charge in [-0.2, -0.15) is 5.10 Å². The monoisotopic (exact) mass is 482 g/mol. The molecule has 8 heteroatoms. The van der Waals surface area contributed by atoms with Crippen LogP contribution in [-0.2, 0) is 15.0 Å². The third-order valence-corrected chi connectivity index (χ3v) is 5.43. The fraction of sp³-hybridized carbons (Fsp3) is 0.346. The molecule has 3 aromatic rings. The smallest absolute Gasteiger partial charge is 0.261 e. The van der Waals surface area contributed by atoms with Crippen LogP contribution in [0.25, 0.3) is 5.69 Å². The van der Waals surface area contributed by atoms with Gasteiger partial charge in [-0.25, -0.2) is 4.68 Å². The van der Waals surface area contributed by atoms with Crippen molar-refractivity contribution >= 4 is 29.2 Å². The first-order chi connectivity index (χ1) is 16.0. The van der Waals surface area contributed by atoms with E-state index < -0.39 is 0 Å². The molecule has 3 rings (SSSR count). The van der Waals surface area contributed by atoms with Gasteiger partial charge in [0.25, 0.3) is 5.91 Å². The van der Waals surface area contributed by atoms with Crippen molar-refractivity contribution in [1.29, 1.82) is 0 Å². The van der Waals surface area contributed by atoms with Gasteiger partial charge in [0.1, 0.15) is 18.1 Å². The van der Waals surface area contributed by atoms with Crippen LogP contribution < -0.4 is 10.1 Å². The Balaban J connectivity index is 1.75. The van der Waals surface area contributed by atoms with Crippen molar-refractivity contribution in [2.75, 3.05) is 18.5 Å². The summed E-state index contributed by atoms with van der Waals surface area (Å²) in [6.07, 6.45) is 0. The first kappa shape index (κ1) is 25.3. The van der Waals surface area contributed by atoms with Gasteiger partial charge in [-0.15, -0.1) is 0 Å². The van der Waals surface area contributed by atoms with Crippen LogP contribution in [0, 0.1) is 0 Å². The zero-order valence-corrected chi connectivity index (χ0v) is 21.0. The van der Waals surface area contributed by atoms with E-state index in [1.54, 1.807) is 28.9 Å². The van der Waals surface area contributed by atoms with Gasteiger partial charge in [0.05, 0.1) is 11.4 Å². The second-order valence-corrected chi connectivity index (χ2v) is 9.75. The van der Waals surface area contributed by atoms with Crippen LogP contribution in [0.4, 0.5) is 5.82 Å². The molecule has 0 spiro atoms. The fourth-order valence-electron chi connectivity index (χ4n) is 3.26. The summed E-state index contributed by atoms with van der Waals surface area (Å²) in [4.78, 5) is 27.3. The van der Waals surface area contributed by atoms with Crippen molar-refractivity contribution < 1.29 is 14.3 Å². The molecule has 0 radical (unpaired) electrons. The molecular formula is C26H31ClN4O3. The number of halogens is 1. The Kier molecular flexibility index (Phi) is 7.99. The van der Waals surface area contributed by atoms with E-state index in [0.717, 1.165) is 11.4 Å². The molecule has 7 nitrogen and oxygen atoms in total. The number of carbonyl (C=O) groups is 2.